The number of carbonyl (C=O) groups is 2. The second kappa shape index (κ2) is 8.30. The lowest BCUT2D eigenvalue weighted by Gasteiger charge is -2.34. The van der Waals surface area contributed by atoms with E-state index in [-0.39, 0.29) is 18.0 Å². The van der Waals surface area contributed by atoms with E-state index in [0.29, 0.717) is 5.92 Å². The summed E-state index contributed by atoms with van der Waals surface area (Å²) in [5.41, 5.74) is 2.50. The maximum atomic E-state index is 12.1. The van der Waals surface area contributed by atoms with Crippen molar-refractivity contribution in [3.05, 3.63) is 29.8 Å². The van der Waals surface area contributed by atoms with E-state index >= 15 is 0 Å². The summed E-state index contributed by atoms with van der Waals surface area (Å²) in [7, 11) is 0. The van der Waals surface area contributed by atoms with Crippen molar-refractivity contribution < 1.29 is 9.59 Å². The van der Waals surface area contributed by atoms with Crippen LogP contribution in [-0.4, -0.2) is 55.1 Å². The topological polar surface area (TPSA) is 64.7 Å². The normalized spacial score (nSPS) is 18.3. The Bertz CT molecular complexity index is 675. The number of urea groups is 1. The second-order valence-electron chi connectivity index (χ2n) is 8.80. The van der Waals surface area contributed by atoms with Crippen LogP contribution in [0.3, 0.4) is 0 Å². The minimum Gasteiger partial charge on any atom is -0.371 e. The number of rotatable bonds is 4. The van der Waals surface area contributed by atoms with Gasteiger partial charge in [-0.05, 0) is 70.7 Å². The SMILES string of the molecule is CC(C)(C)NC(=O)NC(=O)CN1CCC(CN2CCc3ccccc32)CC1. The maximum Gasteiger partial charge on any atom is 0.321 e. The number of piperidine rings is 1. The van der Waals surface area contributed by atoms with Gasteiger partial charge in [-0.1, -0.05) is 18.2 Å². The summed E-state index contributed by atoms with van der Waals surface area (Å²) in [6, 6.07) is 8.27. The highest BCUT2D eigenvalue weighted by Crippen LogP contribution is 2.29. The fourth-order valence-electron chi connectivity index (χ4n) is 3.98. The molecule has 1 aromatic rings. The molecule has 0 aliphatic carbocycles. The van der Waals surface area contributed by atoms with Gasteiger partial charge in [0.25, 0.3) is 0 Å². The molecule has 0 unspecified atom stereocenters. The predicted octanol–water partition coefficient (Wildman–Crippen LogP) is 2.39. The fourth-order valence-corrected chi connectivity index (χ4v) is 3.98. The van der Waals surface area contributed by atoms with Crippen LogP contribution in [0.2, 0.25) is 0 Å². The molecular formula is C21H32N4O2. The number of para-hydroxylation sites is 1. The Morgan fingerprint density at radius 3 is 2.52 bits per heavy atom. The molecule has 0 saturated carbocycles. The summed E-state index contributed by atoms with van der Waals surface area (Å²) in [5, 5.41) is 5.17. The molecule has 6 heteroatoms. The molecule has 1 saturated heterocycles. The van der Waals surface area contributed by atoms with Crippen molar-refractivity contribution in [2.75, 3.05) is 37.6 Å². The zero-order chi connectivity index (χ0) is 19.4. The summed E-state index contributed by atoms with van der Waals surface area (Å²) in [5.74, 6) is 0.434. The molecular weight excluding hydrogens is 340 g/mol. The zero-order valence-corrected chi connectivity index (χ0v) is 16.8. The minimum atomic E-state index is -0.421. The van der Waals surface area contributed by atoms with E-state index < -0.39 is 6.03 Å². The van der Waals surface area contributed by atoms with E-state index in [1.54, 1.807) is 0 Å². The molecule has 27 heavy (non-hydrogen) atoms. The third-order valence-corrected chi connectivity index (χ3v) is 5.28. The number of nitrogens with zero attached hydrogens (tertiary/aromatic N) is 2. The number of hydrogen-bond donors (Lipinski definition) is 2. The van der Waals surface area contributed by atoms with E-state index in [1.165, 1.54) is 11.3 Å². The largest absolute Gasteiger partial charge is 0.371 e. The van der Waals surface area contributed by atoms with Gasteiger partial charge in [0.05, 0.1) is 6.54 Å². The lowest BCUT2D eigenvalue weighted by molar-refractivity contribution is -0.121. The zero-order valence-electron chi connectivity index (χ0n) is 16.8. The molecule has 0 radical (unpaired) electrons. The van der Waals surface area contributed by atoms with Gasteiger partial charge >= 0.3 is 6.03 Å². The van der Waals surface area contributed by atoms with Crippen LogP contribution in [0.15, 0.2) is 24.3 Å². The van der Waals surface area contributed by atoms with Gasteiger partial charge in [0, 0.05) is 24.3 Å². The lowest BCUT2D eigenvalue weighted by Crippen LogP contribution is -2.51. The molecule has 2 heterocycles. The standard InChI is InChI=1S/C21H32N4O2/c1-21(2,3)23-20(27)22-19(26)15-24-11-8-16(9-12-24)14-25-13-10-17-6-4-5-7-18(17)25/h4-7,16H,8-15H2,1-3H3,(H2,22,23,26,27). The smallest absolute Gasteiger partial charge is 0.321 e. The number of anilines is 1. The van der Waals surface area contributed by atoms with Crippen molar-refractivity contribution >= 4 is 17.6 Å². The van der Waals surface area contributed by atoms with Crippen LogP contribution in [0.1, 0.15) is 39.2 Å². The maximum absolute atomic E-state index is 12.1. The molecule has 3 rings (SSSR count). The first-order chi connectivity index (χ1) is 12.8. The molecule has 0 aromatic heterocycles. The number of imide groups is 1. The fraction of sp³-hybridized carbons (Fsp3) is 0.619. The van der Waals surface area contributed by atoms with Crippen molar-refractivity contribution in [1.29, 1.82) is 0 Å². The Kier molecular flexibility index (Phi) is 6.05. The summed E-state index contributed by atoms with van der Waals surface area (Å²) in [6.07, 6.45) is 3.34. The molecule has 0 bridgehead atoms. The van der Waals surface area contributed by atoms with E-state index in [2.05, 4.69) is 44.7 Å². The number of hydrogen-bond acceptors (Lipinski definition) is 4. The molecule has 0 atom stereocenters. The third kappa shape index (κ3) is 5.70. The van der Waals surface area contributed by atoms with E-state index in [4.69, 9.17) is 0 Å². The summed E-state index contributed by atoms with van der Waals surface area (Å²) in [4.78, 5) is 28.5. The Labute approximate surface area is 162 Å². The van der Waals surface area contributed by atoms with Gasteiger partial charge in [-0.2, -0.15) is 0 Å². The number of nitrogens with one attached hydrogen (secondary N) is 2. The van der Waals surface area contributed by atoms with Crippen molar-refractivity contribution in [2.24, 2.45) is 5.92 Å². The van der Waals surface area contributed by atoms with Gasteiger partial charge < -0.3 is 10.2 Å². The van der Waals surface area contributed by atoms with Crippen LogP contribution in [-0.2, 0) is 11.2 Å². The molecule has 6 nitrogen and oxygen atoms in total. The summed E-state index contributed by atoms with van der Waals surface area (Å²) < 4.78 is 0. The molecule has 2 aliphatic heterocycles. The highest BCUT2D eigenvalue weighted by atomic mass is 16.2. The number of benzene rings is 1. The molecule has 0 spiro atoms. The van der Waals surface area contributed by atoms with Gasteiger partial charge in [-0.15, -0.1) is 0 Å². The second-order valence-corrected chi connectivity index (χ2v) is 8.80. The Morgan fingerprint density at radius 2 is 1.81 bits per heavy atom. The quantitative estimate of drug-likeness (QED) is 0.852. The number of likely N-dealkylation sites (tertiary alicyclic amines) is 1. The van der Waals surface area contributed by atoms with E-state index in [0.717, 1.165) is 45.4 Å². The Hall–Kier alpha value is -2.08. The summed E-state index contributed by atoms with van der Waals surface area (Å²) >= 11 is 0. The Balaban J connectivity index is 1.39. The van der Waals surface area contributed by atoms with E-state index in [9.17, 15) is 9.59 Å². The van der Waals surface area contributed by atoms with Gasteiger partial charge in [-0.25, -0.2) is 4.79 Å². The first kappa shape index (κ1) is 19.7. The highest BCUT2D eigenvalue weighted by molar-refractivity contribution is 5.95. The minimum absolute atomic E-state index is 0.233. The van der Waals surface area contributed by atoms with Crippen LogP contribution in [0.5, 0.6) is 0 Å². The first-order valence-electron chi connectivity index (χ1n) is 9.97. The highest BCUT2D eigenvalue weighted by Gasteiger charge is 2.26. The van der Waals surface area contributed by atoms with Gasteiger partial charge in [0.2, 0.25) is 5.91 Å². The van der Waals surface area contributed by atoms with E-state index in [1.807, 2.05) is 20.8 Å². The molecule has 1 fully saturated rings. The van der Waals surface area contributed by atoms with Crippen molar-refractivity contribution in [1.82, 2.24) is 15.5 Å². The Morgan fingerprint density at radius 1 is 1.11 bits per heavy atom. The average molecular weight is 373 g/mol. The monoisotopic (exact) mass is 372 g/mol. The molecule has 148 valence electrons. The molecule has 1 aromatic carbocycles. The van der Waals surface area contributed by atoms with Crippen molar-refractivity contribution in [3.8, 4) is 0 Å². The predicted molar refractivity (Wildman–Crippen MR) is 108 cm³/mol. The molecule has 2 aliphatic rings. The van der Waals surface area contributed by atoms with Crippen LogP contribution >= 0.6 is 0 Å². The molecule has 3 amide bonds. The van der Waals surface area contributed by atoms with Gasteiger partial charge in [-0.3, -0.25) is 15.0 Å². The van der Waals surface area contributed by atoms with Crippen LogP contribution < -0.4 is 15.5 Å². The third-order valence-electron chi connectivity index (χ3n) is 5.28. The number of amides is 3. The summed E-state index contributed by atoms with van der Waals surface area (Å²) in [6.45, 7) is 10.00. The van der Waals surface area contributed by atoms with Crippen LogP contribution in [0.25, 0.3) is 0 Å². The van der Waals surface area contributed by atoms with Crippen LogP contribution in [0, 0.1) is 5.92 Å². The van der Waals surface area contributed by atoms with Crippen LogP contribution in [0.4, 0.5) is 10.5 Å². The van der Waals surface area contributed by atoms with Gasteiger partial charge in [0.15, 0.2) is 0 Å². The molecule has 2 N–H and O–H groups in total. The van der Waals surface area contributed by atoms with Gasteiger partial charge in [0.1, 0.15) is 0 Å². The van der Waals surface area contributed by atoms with Crippen molar-refractivity contribution in [3.63, 3.8) is 0 Å². The average Bonchev–Trinajstić information content (AvgIpc) is 2.98. The first-order valence-corrected chi connectivity index (χ1v) is 9.97. The number of carbonyl (C=O) groups excluding carboxylic acids is 2. The van der Waals surface area contributed by atoms with Crippen molar-refractivity contribution in [2.45, 2.75) is 45.6 Å². The number of fused-ring (bicyclic) bond motifs is 1. The lowest BCUT2D eigenvalue weighted by atomic mass is 9.96.